The number of ether oxygens (including phenoxy) is 1. The molecule has 2 heterocycles. The Balaban J connectivity index is 2.39. The van der Waals surface area contributed by atoms with Gasteiger partial charge in [0.1, 0.15) is 17.5 Å². The number of hydrogen-bond acceptors (Lipinski definition) is 6. The molecule has 0 aromatic carbocycles. The van der Waals surface area contributed by atoms with Gasteiger partial charge in [-0.2, -0.15) is 4.98 Å². The van der Waals surface area contributed by atoms with Crippen molar-refractivity contribution in [2.45, 2.75) is 24.1 Å². The molecule has 0 amide bonds. The molecule has 4 atom stereocenters. The van der Waals surface area contributed by atoms with Crippen molar-refractivity contribution < 1.29 is 19.3 Å². The van der Waals surface area contributed by atoms with Gasteiger partial charge >= 0.3 is 5.69 Å². The summed E-state index contributed by atoms with van der Waals surface area (Å²) in [4.78, 5) is 15.1. The molecule has 1 aromatic heterocycles. The second kappa shape index (κ2) is 5.04. The first-order valence-corrected chi connectivity index (χ1v) is 6.00. The Labute approximate surface area is 112 Å². The summed E-state index contributed by atoms with van der Waals surface area (Å²) in [7, 11) is 0. The third kappa shape index (κ3) is 2.20. The molecule has 1 aliphatic heterocycles. The molecule has 1 saturated heterocycles. The Kier molecular flexibility index (Phi) is 3.77. The molecule has 1 aliphatic rings. The number of aliphatic hydroxyl groups is 2. The summed E-state index contributed by atoms with van der Waals surface area (Å²) in [5, 5.41) is 19.0. The number of halogens is 2. The first-order chi connectivity index (χ1) is 8.95. The zero-order valence-corrected chi connectivity index (χ0v) is 10.5. The third-order valence-corrected chi connectivity index (χ3v) is 3.54. The lowest BCUT2D eigenvalue weighted by Gasteiger charge is -2.26. The Hall–Kier alpha value is -1.22. The highest BCUT2D eigenvalue weighted by atomic mass is 35.5. The smallest absolute Gasteiger partial charge is 0.351 e. The Morgan fingerprint density at radius 3 is 2.84 bits per heavy atom. The van der Waals surface area contributed by atoms with Gasteiger partial charge < -0.3 is 20.7 Å². The van der Waals surface area contributed by atoms with Crippen LogP contribution in [0.25, 0.3) is 0 Å². The first-order valence-electron chi connectivity index (χ1n) is 5.46. The minimum Gasteiger partial charge on any atom is -0.393 e. The van der Waals surface area contributed by atoms with E-state index in [1.165, 1.54) is 12.3 Å². The predicted octanol–water partition coefficient (Wildman–Crippen LogP) is -0.977. The highest BCUT2D eigenvalue weighted by Gasteiger charge is 2.55. The normalized spacial score (nSPS) is 34.6. The van der Waals surface area contributed by atoms with E-state index in [9.17, 15) is 19.4 Å². The lowest BCUT2D eigenvalue weighted by molar-refractivity contribution is -0.115. The first kappa shape index (κ1) is 14.2. The molecule has 1 fully saturated rings. The number of alkyl halides is 2. The van der Waals surface area contributed by atoms with Crippen LogP contribution in [0.1, 0.15) is 6.23 Å². The molecule has 1 aromatic rings. The molecule has 0 saturated carbocycles. The van der Waals surface area contributed by atoms with Crippen LogP contribution < -0.4 is 11.4 Å². The molecule has 1 unspecified atom stereocenters. The van der Waals surface area contributed by atoms with E-state index in [-0.39, 0.29) is 11.7 Å². The van der Waals surface area contributed by atoms with Gasteiger partial charge in [-0.05, 0) is 6.07 Å². The van der Waals surface area contributed by atoms with Gasteiger partial charge in [0.25, 0.3) is 0 Å². The third-order valence-electron chi connectivity index (χ3n) is 3.09. The minimum atomic E-state index is -1.92. The monoisotopic (exact) mass is 293 g/mol. The van der Waals surface area contributed by atoms with Crippen molar-refractivity contribution in [1.29, 1.82) is 0 Å². The fraction of sp³-hybridized carbons (Fsp3) is 0.600. The van der Waals surface area contributed by atoms with Crippen molar-refractivity contribution in [3.8, 4) is 0 Å². The second-order valence-corrected chi connectivity index (χ2v) is 4.56. The number of hydrogen-bond donors (Lipinski definition) is 3. The summed E-state index contributed by atoms with van der Waals surface area (Å²) in [5.74, 6) is -0.334. The summed E-state index contributed by atoms with van der Waals surface area (Å²) < 4.78 is 20.2. The van der Waals surface area contributed by atoms with Gasteiger partial charge in [-0.15, -0.1) is 11.6 Å². The molecule has 0 bridgehead atoms. The number of rotatable bonds is 3. The standard InChI is InChI=1S/C10H13ClFN3O4/c11-3-10(4-16)7(17)6(12)8(19-10)15-2-1-5(13)14-9(15)18/h1-2,6-8,16-17H,3-4H2,(H2,13,14,18)/t6?,7-,8-,10-/m1/s1. The lowest BCUT2D eigenvalue weighted by Crippen LogP contribution is -2.47. The van der Waals surface area contributed by atoms with E-state index in [1.807, 2.05) is 0 Å². The van der Waals surface area contributed by atoms with Crippen LogP contribution in [0.2, 0.25) is 0 Å². The van der Waals surface area contributed by atoms with Crippen molar-refractivity contribution in [1.82, 2.24) is 9.55 Å². The fourth-order valence-corrected chi connectivity index (χ4v) is 2.24. The van der Waals surface area contributed by atoms with Crippen LogP contribution in [-0.2, 0) is 4.74 Å². The molecule has 4 N–H and O–H groups in total. The Morgan fingerprint density at radius 1 is 1.68 bits per heavy atom. The van der Waals surface area contributed by atoms with Gasteiger partial charge in [-0.1, -0.05) is 0 Å². The summed E-state index contributed by atoms with van der Waals surface area (Å²) in [6.45, 7) is -0.675. The van der Waals surface area contributed by atoms with Crippen molar-refractivity contribution >= 4 is 17.4 Å². The minimum absolute atomic E-state index is 0.0130. The molecule has 9 heteroatoms. The van der Waals surface area contributed by atoms with Gasteiger partial charge in [0, 0.05) is 6.20 Å². The number of nitrogens with two attached hydrogens (primary N) is 1. The highest BCUT2D eigenvalue weighted by molar-refractivity contribution is 6.18. The maximum atomic E-state index is 14.1. The molecule has 7 nitrogen and oxygen atoms in total. The molecule has 2 rings (SSSR count). The summed E-state index contributed by atoms with van der Waals surface area (Å²) in [5.41, 5.74) is 2.86. The van der Waals surface area contributed by atoms with Gasteiger partial charge in [0.05, 0.1) is 12.5 Å². The van der Waals surface area contributed by atoms with E-state index in [2.05, 4.69) is 4.98 Å². The van der Waals surface area contributed by atoms with Crippen molar-refractivity contribution in [3.63, 3.8) is 0 Å². The molecule has 0 radical (unpaired) electrons. The van der Waals surface area contributed by atoms with E-state index < -0.39 is 36.4 Å². The number of anilines is 1. The Morgan fingerprint density at radius 2 is 2.37 bits per heavy atom. The molecule has 19 heavy (non-hydrogen) atoms. The van der Waals surface area contributed by atoms with Crippen LogP contribution in [-0.4, -0.2) is 50.1 Å². The van der Waals surface area contributed by atoms with Crippen LogP contribution in [0.5, 0.6) is 0 Å². The average Bonchev–Trinajstić information content (AvgIpc) is 2.64. The van der Waals surface area contributed by atoms with Crippen LogP contribution in [0.4, 0.5) is 10.2 Å². The average molecular weight is 294 g/mol. The van der Waals surface area contributed by atoms with Crippen LogP contribution in [0, 0.1) is 0 Å². The SMILES string of the molecule is Nc1ccn([C@@H]2O[C@@](CO)(CCl)[C@H](O)C2F)c(=O)n1. The molecule has 0 spiro atoms. The lowest BCUT2D eigenvalue weighted by atomic mass is 9.99. The summed E-state index contributed by atoms with van der Waals surface area (Å²) in [6.07, 6.45) is -3.78. The predicted molar refractivity (Wildman–Crippen MR) is 64.5 cm³/mol. The Bertz CT molecular complexity index is 522. The highest BCUT2D eigenvalue weighted by Crippen LogP contribution is 2.39. The number of aromatic nitrogens is 2. The maximum absolute atomic E-state index is 14.1. The number of nitrogens with zero attached hydrogens (tertiary/aromatic N) is 2. The zero-order valence-electron chi connectivity index (χ0n) is 9.74. The fourth-order valence-electron chi connectivity index (χ4n) is 1.93. The van der Waals surface area contributed by atoms with Crippen LogP contribution in [0.3, 0.4) is 0 Å². The summed E-state index contributed by atoms with van der Waals surface area (Å²) in [6, 6.07) is 1.30. The van der Waals surface area contributed by atoms with Gasteiger partial charge in [0.15, 0.2) is 12.4 Å². The number of aliphatic hydroxyl groups excluding tert-OH is 2. The van der Waals surface area contributed by atoms with Gasteiger partial charge in [-0.25, -0.2) is 9.18 Å². The van der Waals surface area contributed by atoms with Crippen molar-refractivity contribution in [2.75, 3.05) is 18.2 Å². The van der Waals surface area contributed by atoms with E-state index in [4.69, 9.17) is 22.1 Å². The van der Waals surface area contributed by atoms with E-state index in [0.29, 0.717) is 0 Å². The van der Waals surface area contributed by atoms with Crippen molar-refractivity contribution in [3.05, 3.63) is 22.7 Å². The van der Waals surface area contributed by atoms with Gasteiger partial charge in [-0.3, -0.25) is 4.57 Å². The van der Waals surface area contributed by atoms with Crippen LogP contribution >= 0.6 is 11.6 Å². The molecule has 106 valence electrons. The summed E-state index contributed by atoms with van der Waals surface area (Å²) >= 11 is 5.61. The van der Waals surface area contributed by atoms with E-state index >= 15 is 0 Å². The zero-order chi connectivity index (χ0) is 14.2. The van der Waals surface area contributed by atoms with E-state index in [1.54, 1.807) is 0 Å². The maximum Gasteiger partial charge on any atom is 0.351 e. The van der Waals surface area contributed by atoms with Gasteiger partial charge in [0.2, 0.25) is 0 Å². The quantitative estimate of drug-likeness (QED) is 0.618. The van der Waals surface area contributed by atoms with Crippen LogP contribution in [0.15, 0.2) is 17.1 Å². The molecular weight excluding hydrogens is 281 g/mol. The molecule has 0 aliphatic carbocycles. The molecular formula is C10H13ClFN3O4. The van der Waals surface area contributed by atoms with Crippen molar-refractivity contribution in [2.24, 2.45) is 0 Å². The second-order valence-electron chi connectivity index (χ2n) is 4.30. The topological polar surface area (TPSA) is 111 Å². The largest absolute Gasteiger partial charge is 0.393 e. The van der Waals surface area contributed by atoms with E-state index in [0.717, 1.165) is 4.57 Å². The number of nitrogen functional groups attached to an aromatic ring is 1.